The van der Waals surface area contributed by atoms with Crippen molar-refractivity contribution < 1.29 is 0 Å². The molecule has 0 aliphatic carbocycles. The van der Waals surface area contributed by atoms with Crippen LogP contribution in [-0.4, -0.2) is 12.3 Å². The highest BCUT2D eigenvalue weighted by atomic mass is 32.2. The zero-order valence-corrected chi connectivity index (χ0v) is 7.68. The minimum atomic E-state index is 0.636. The topological polar surface area (TPSA) is 4.36 Å². The van der Waals surface area contributed by atoms with E-state index in [1.165, 1.54) is 5.56 Å². The second-order valence-electron chi connectivity index (χ2n) is 2.42. The molecule has 62 valence electrons. The van der Waals surface area contributed by atoms with Gasteiger partial charge < -0.3 is 4.85 Å². The molecule has 0 heterocycles. The van der Waals surface area contributed by atoms with Gasteiger partial charge >= 0.3 is 0 Å². The molecule has 1 aromatic carbocycles. The summed E-state index contributed by atoms with van der Waals surface area (Å²) in [7, 11) is 0. The van der Waals surface area contributed by atoms with Gasteiger partial charge in [0.05, 0.1) is 5.75 Å². The lowest BCUT2D eigenvalue weighted by Gasteiger charge is -1.96. The molecule has 0 aromatic heterocycles. The first-order chi connectivity index (χ1) is 5.93. The molecule has 0 fully saturated rings. The molecule has 0 saturated heterocycles. The summed E-state index contributed by atoms with van der Waals surface area (Å²) in [5, 5.41) is 0. The van der Waals surface area contributed by atoms with Gasteiger partial charge in [-0.3, -0.25) is 0 Å². The minimum absolute atomic E-state index is 0.636. The van der Waals surface area contributed by atoms with Crippen LogP contribution in [0.5, 0.6) is 0 Å². The summed E-state index contributed by atoms with van der Waals surface area (Å²) in [4.78, 5) is 3.30. The molecular weight excluding hydrogens is 166 g/mol. The lowest BCUT2D eigenvalue weighted by atomic mass is 10.2. The molecule has 0 spiro atoms. The van der Waals surface area contributed by atoms with Crippen LogP contribution >= 0.6 is 11.8 Å². The van der Waals surface area contributed by atoms with E-state index in [2.05, 4.69) is 17.0 Å². The number of hydrogen-bond donors (Lipinski definition) is 0. The van der Waals surface area contributed by atoms with Crippen molar-refractivity contribution in [2.75, 3.05) is 12.3 Å². The largest absolute Gasteiger partial charge is 0.316 e. The number of rotatable bonds is 4. The summed E-state index contributed by atoms with van der Waals surface area (Å²) in [5.74, 6) is 1.97. The monoisotopic (exact) mass is 177 g/mol. The Morgan fingerprint density at radius 1 is 1.25 bits per heavy atom. The standard InChI is InChI=1S/C10H11NS/c1-11-7-8-12-9-10-5-3-2-4-6-10/h2-6H,7-9H2. The van der Waals surface area contributed by atoms with Crippen molar-refractivity contribution in [1.82, 2.24) is 0 Å². The third kappa shape index (κ3) is 3.45. The zero-order valence-electron chi connectivity index (χ0n) is 6.86. The predicted molar refractivity (Wildman–Crippen MR) is 54.1 cm³/mol. The van der Waals surface area contributed by atoms with E-state index in [-0.39, 0.29) is 0 Å². The second-order valence-corrected chi connectivity index (χ2v) is 3.53. The van der Waals surface area contributed by atoms with Crippen LogP contribution < -0.4 is 0 Å². The first-order valence-electron chi connectivity index (χ1n) is 3.88. The molecule has 1 nitrogen and oxygen atoms in total. The van der Waals surface area contributed by atoms with E-state index in [1.54, 1.807) is 0 Å². The number of nitrogens with zero attached hydrogens (tertiary/aromatic N) is 1. The van der Waals surface area contributed by atoms with Gasteiger partial charge in [0, 0.05) is 5.75 Å². The van der Waals surface area contributed by atoms with Crippen LogP contribution in [0.4, 0.5) is 0 Å². The lowest BCUT2D eigenvalue weighted by molar-refractivity contribution is 1.34. The van der Waals surface area contributed by atoms with Crippen molar-refractivity contribution in [3.63, 3.8) is 0 Å². The van der Waals surface area contributed by atoms with E-state index < -0.39 is 0 Å². The molecule has 12 heavy (non-hydrogen) atoms. The molecule has 0 N–H and O–H groups in total. The van der Waals surface area contributed by atoms with Crippen LogP contribution in [0.3, 0.4) is 0 Å². The number of thioether (sulfide) groups is 1. The molecular formula is C10H11NS. The highest BCUT2D eigenvalue weighted by Gasteiger charge is 1.92. The van der Waals surface area contributed by atoms with Gasteiger partial charge in [-0.25, -0.2) is 6.57 Å². The van der Waals surface area contributed by atoms with Crippen LogP contribution in [0.15, 0.2) is 30.3 Å². The summed E-state index contributed by atoms with van der Waals surface area (Å²) in [5.41, 5.74) is 1.34. The van der Waals surface area contributed by atoms with Crippen LogP contribution in [-0.2, 0) is 5.75 Å². The summed E-state index contributed by atoms with van der Waals surface area (Å²) >= 11 is 1.82. The van der Waals surface area contributed by atoms with Crippen molar-refractivity contribution in [3.8, 4) is 0 Å². The lowest BCUT2D eigenvalue weighted by Crippen LogP contribution is -1.84. The van der Waals surface area contributed by atoms with Crippen molar-refractivity contribution >= 4 is 11.8 Å². The maximum Gasteiger partial charge on any atom is 0.223 e. The Hall–Kier alpha value is -0.940. The SMILES string of the molecule is [C-]#[N+]CCSCc1ccccc1. The molecule has 1 aromatic rings. The maximum atomic E-state index is 6.60. The molecule has 1 rings (SSSR count). The van der Waals surface area contributed by atoms with Gasteiger partial charge in [0.2, 0.25) is 6.54 Å². The molecule has 0 amide bonds. The van der Waals surface area contributed by atoms with Crippen molar-refractivity contribution in [1.29, 1.82) is 0 Å². The normalized spacial score (nSPS) is 9.25. The molecule has 2 heteroatoms. The van der Waals surface area contributed by atoms with E-state index in [0.29, 0.717) is 6.54 Å². The van der Waals surface area contributed by atoms with E-state index in [4.69, 9.17) is 6.57 Å². The molecule has 0 atom stereocenters. The van der Waals surface area contributed by atoms with Gasteiger partial charge in [0.1, 0.15) is 0 Å². The fraction of sp³-hybridized carbons (Fsp3) is 0.300. The average molecular weight is 177 g/mol. The smallest absolute Gasteiger partial charge is 0.223 e. The molecule has 0 radical (unpaired) electrons. The summed E-state index contributed by atoms with van der Waals surface area (Å²) in [6.45, 7) is 7.23. The van der Waals surface area contributed by atoms with Crippen LogP contribution in [0.25, 0.3) is 4.85 Å². The Balaban J connectivity index is 2.21. The first kappa shape index (κ1) is 9.15. The third-order valence-electron chi connectivity index (χ3n) is 1.46. The number of benzene rings is 1. The average Bonchev–Trinajstić information content (AvgIpc) is 2.14. The highest BCUT2D eigenvalue weighted by Crippen LogP contribution is 2.10. The molecule has 0 aliphatic rings. The first-order valence-corrected chi connectivity index (χ1v) is 5.04. The predicted octanol–water partition coefficient (Wildman–Crippen LogP) is 2.84. The van der Waals surface area contributed by atoms with Gasteiger partial charge in [-0.15, -0.1) is 11.8 Å². The van der Waals surface area contributed by atoms with Gasteiger partial charge in [-0.2, -0.15) is 0 Å². The van der Waals surface area contributed by atoms with Crippen LogP contribution in [0.1, 0.15) is 5.56 Å². The summed E-state index contributed by atoms with van der Waals surface area (Å²) in [6, 6.07) is 10.3. The zero-order chi connectivity index (χ0) is 8.65. The summed E-state index contributed by atoms with van der Waals surface area (Å²) in [6.07, 6.45) is 0. The number of hydrogen-bond acceptors (Lipinski definition) is 1. The maximum absolute atomic E-state index is 6.60. The Bertz CT molecular complexity index is 250. The van der Waals surface area contributed by atoms with Gasteiger partial charge in [0.15, 0.2) is 0 Å². The van der Waals surface area contributed by atoms with E-state index in [9.17, 15) is 0 Å². The summed E-state index contributed by atoms with van der Waals surface area (Å²) < 4.78 is 0. The van der Waals surface area contributed by atoms with Crippen molar-refractivity contribution in [2.45, 2.75) is 5.75 Å². The van der Waals surface area contributed by atoms with Crippen molar-refractivity contribution in [2.24, 2.45) is 0 Å². The highest BCUT2D eigenvalue weighted by molar-refractivity contribution is 7.98. The third-order valence-corrected chi connectivity index (χ3v) is 2.47. The van der Waals surface area contributed by atoms with Crippen molar-refractivity contribution in [3.05, 3.63) is 47.3 Å². The van der Waals surface area contributed by atoms with E-state index >= 15 is 0 Å². The Morgan fingerprint density at radius 2 is 2.00 bits per heavy atom. The quantitative estimate of drug-likeness (QED) is 0.505. The molecule has 0 unspecified atom stereocenters. The Morgan fingerprint density at radius 3 is 2.67 bits per heavy atom. The molecule has 0 saturated carbocycles. The van der Waals surface area contributed by atoms with Crippen LogP contribution in [0.2, 0.25) is 0 Å². The molecule has 0 bridgehead atoms. The van der Waals surface area contributed by atoms with E-state index in [1.807, 2.05) is 30.0 Å². The fourth-order valence-electron chi connectivity index (χ4n) is 0.874. The van der Waals surface area contributed by atoms with Gasteiger partial charge in [-0.05, 0) is 5.56 Å². The molecule has 0 aliphatic heterocycles. The Labute approximate surface area is 77.6 Å². The van der Waals surface area contributed by atoms with E-state index in [0.717, 1.165) is 11.5 Å². The van der Waals surface area contributed by atoms with Crippen LogP contribution in [0, 0.1) is 6.57 Å². The minimum Gasteiger partial charge on any atom is -0.316 e. The van der Waals surface area contributed by atoms with Gasteiger partial charge in [-0.1, -0.05) is 30.3 Å². The van der Waals surface area contributed by atoms with Gasteiger partial charge in [0.25, 0.3) is 0 Å². The fourth-order valence-corrected chi connectivity index (χ4v) is 1.67. The second kappa shape index (κ2) is 5.68. The Kier molecular flexibility index (Phi) is 4.33.